The van der Waals surface area contributed by atoms with Crippen molar-refractivity contribution in [2.45, 2.75) is 12.5 Å². The minimum absolute atomic E-state index is 0.333. The molecule has 1 atom stereocenters. The van der Waals surface area contributed by atoms with Gasteiger partial charge >= 0.3 is 0 Å². The molecule has 0 saturated carbocycles. The average Bonchev–Trinajstić information content (AvgIpc) is 3.07. The van der Waals surface area contributed by atoms with Crippen LogP contribution in [0.25, 0.3) is 17.0 Å². The molecule has 1 unspecified atom stereocenters. The molecule has 1 aromatic carbocycles. The third kappa shape index (κ3) is 3.72. The first-order valence-corrected chi connectivity index (χ1v) is 10.2. The van der Waals surface area contributed by atoms with Crippen LogP contribution in [0.1, 0.15) is 6.42 Å². The molecule has 3 aromatic rings. The van der Waals surface area contributed by atoms with Crippen LogP contribution >= 0.6 is 0 Å². The molecule has 2 aliphatic heterocycles. The molecule has 1 fully saturated rings. The van der Waals surface area contributed by atoms with Crippen molar-refractivity contribution in [3.8, 4) is 11.4 Å². The maximum Gasteiger partial charge on any atom is 0.280 e. The number of hydrogen-bond acceptors (Lipinski definition) is 7. The molecule has 32 heavy (non-hydrogen) atoms. The van der Waals surface area contributed by atoms with Gasteiger partial charge in [0.05, 0.1) is 0 Å². The normalized spacial score (nSPS) is 18.9. The number of amides is 2. The number of fused-ring (bicyclic) bond motifs is 1. The minimum atomic E-state index is -1.09. The second-order valence-corrected chi connectivity index (χ2v) is 7.48. The van der Waals surface area contributed by atoms with Crippen molar-refractivity contribution < 1.29 is 14.0 Å². The lowest BCUT2D eigenvalue weighted by Gasteiger charge is -2.24. The van der Waals surface area contributed by atoms with E-state index < -0.39 is 11.9 Å². The SMILES string of the molecule is O=C1N=CC=NC1C(=O)N1CCCN(c2ccc3nnc(-c4cccc(F)c4)n3n2)CC1. The summed E-state index contributed by atoms with van der Waals surface area (Å²) in [4.78, 5) is 36.0. The van der Waals surface area contributed by atoms with Gasteiger partial charge in [0.15, 0.2) is 11.5 Å². The van der Waals surface area contributed by atoms with E-state index in [0.717, 1.165) is 0 Å². The standard InChI is InChI=1S/C21H19FN8O2/c22-15-4-1-3-14(13-15)19-26-25-16-5-6-17(27-30(16)19)28-9-2-10-29(12-11-28)21(32)18-20(31)24-8-7-23-18/h1,3-8,13,18H,2,9-12H2. The monoisotopic (exact) mass is 434 g/mol. The summed E-state index contributed by atoms with van der Waals surface area (Å²) in [5.74, 6) is -0.0919. The Labute approximate surface area is 182 Å². The van der Waals surface area contributed by atoms with Crippen LogP contribution in [0, 0.1) is 5.82 Å². The Morgan fingerprint density at radius 2 is 1.94 bits per heavy atom. The molecular formula is C21H19FN8O2. The van der Waals surface area contributed by atoms with E-state index in [0.29, 0.717) is 55.5 Å². The van der Waals surface area contributed by atoms with Crippen molar-refractivity contribution in [1.29, 1.82) is 0 Å². The summed E-state index contributed by atoms with van der Waals surface area (Å²) < 4.78 is 15.3. The Morgan fingerprint density at radius 1 is 1.03 bits per heavy atom. The first-order chi connectivity index (χ1) is 15.6. The Balaban J connectivity index is 1.36. The number of carbonyl (C=O) groups excluding carboxylic acids is 2. The van der Waals surface area contributed by atoms with E-state index in [1.54, 1.807) is 27.6 Å². The highest BCUT2D eigenvalue weighted by Crippen LogP contribution is 2.21. The van der Waals surface area contributed by atoms with Crippen molar-refractivity contribution >= 4 is 35.7 Å². The highest BCUT2D eigenvalue weighted by atomic mass is 19.1. The molecule has 10 nitrogen and oxygen atoms in total. The van der Waals surface area contributed by atoms with Gasteiger partial charge in [-0.3, -0.25) is 14.6 Å². The number of benzene rings is 1. The molecule has 0 aliphatic carbocycles. The number of anilines is 1. The van der Waals surface area contributed by atoms with Gasteiger partial charge in [0.2, 0.25) is 6.04 Å². The van der Waals surface area contributed by atoms with Crippen LogP contribution in [0.3, 0.4) is 0 Å². The second-order valence-electron chi connectivity index (χ2n) is 7.48. The van der Waals surface area contributed by atoms with E-state index >= 15 is 0 Å². The lowest BCUT2D eigenvalue weighted by Crippen LogP contribution is -2.44. The summed E-state index contributed by atoms with van der Waals surface area (Å²) >= 11 is 0. The van der Waals surface area contributed by atoms with Gasteiger partial charge in [0.25, 0.3) is 11.8 Å². The maximum atomic E-state index is 13.7. The number of aliphatic imine (C=N–C) groups is 2. The predicted molar refractivity (Wildman–Crippen MR) is 115 cm³/mol. The molecule has 0 radical (unpaired) electrons. The van der Waals surface area contributed by atoms with Crippen molar-refractivity contribution in [2.75, 3.05) is 31.1 Å². The lowest BCUT2D eigenvalue weighted by molar-refractivity contribution is -0.136. The Morgan fingerprint density at radius 3 is 2.78 bits per heavy atom. The van der Waals surface area contributed by atoms with E-state index in [1.807, 2.05) is 6.07 Å². The summed E-state index contributed by atoms with van der Waals surface area (Å²) in [5.41, 5.74) is 1.13. The summed E-state index contributed by atoms with van der Waals surface area (Å²) in [6, 6.07) is 8.69. The number of carbonyl (C=O) groups is 2. The molecule has 162 valence electrons. The second kappa shape index (κ2) is 8.25. The molecular weight excluding hydrogens is 415 g/mol. The highest BCUT2D eigenvalue weighted by molar-refractivity contribution is 6.24. The quantitative estimate of drug-likeness (QED) is 0.570. The zero-order valence-electron chi connectivity index (χ0n) is 17.0. The smallest absolute Gasteiger partial charge is 0.280 e. The molecule has 4 heterocycles. The summed E-state index contributed by atoms with van der Waals surface area (Å²) in [5, 5.41) is 13.0. The van der Waals surface area contributed by atoms with Crippen LogP contribution in [0.15, 0.2) is 46.4 Å². The van der Waals surface area contributed by atoms with E-state index in [4.69, 9.17) is 0 Å². The maximum absolute atomic E-state index is 13.7. The van der Waals surface area contributed by atoms with Crippen LogP contribution in [0.5, 0.6) is 0 Å². The fraction of sp³-hybridized carbons (Fsp3) is 0.286. The number of rotatable bonds is 3. The number of nitrogens with zero attached hydrogens (tertiary/aromatic N) is 8. The molecule has 2 aromatic heterocycles. The molecule has 1 saturated heterocycles. The Hall–Kier alpha value is -4.02. The van der Waals surface area contributed by atoms with Gasteiger partial charge in [-0.1, -0.05) is 12.1 Å². The van der Waals surface area contributed by atoms with E-state index in [2.05, 4.69) is 30.2 Å². The molecule has 0 spiro atoms. The van der Waals surface area contributed by atoms with Crippen LogP contribution < -0.4 is 4.90 Å². The van der Waals surface area contributed by atoms with Gasteiger partial charge in [-0.15, -0.1) is 15.3 Å². The summed E-state index contributed by atoms with van der Waals surface area (Å²) in [7, 11) is 0. The average molecular weight is 434 g/mol. The van der Waals surface area contributed by atoms with Crippen LogP contribution in [0.4, 0.5) is 10.2 Å². The summed E-state index contributed by atoms with van der Waals surface area (Å²) in [6.45, 7) is 2.16. The molecule has 2 aliphatic rings. The van der Waals surface area contributed by atoms with Gasteiger partial charge < -0.3 is 9.80 Å². The van der Waals surface area contributed by atoms with Crippen molar-refractivity contribution in [1.82, 2.24) is 24.7 Å². The fourth-order valence-electron chi connectivity index (χ4n) is 3.83. The van der Waals surface area contributed by atoms with E-state index in [1.165, 1.54) is 24.6 Å². The summed E-state index contributed by atoms with van der Waals surface area (Å²) in [6.07, 6.45) is 3.38. The third-order valence-corrected chi connectivity index (χ3v) is 5.43. The Bertz CT molecular complexity index is 1250. The predicted octanol–water partition coefficient (Wildman–Crippen LogP) is 1.02. The number of halogens is 1. The number of hydrogen-bond donors (Lipinski definition) is 0. The first-order valence-electron chi connectivity index (χ1n) is 10.2. The van der Waals surface area contributed by atoms with E-state index in [-0.39, 0.29) is 11.7 Å². The highest BCUT2D eigenvalue weighted by Gasteiger charge is 2.31. The third-order valence-electron chi connectivity index (χ3n) is 5.43. The minimum Gasteiger partial charge on any atom is -0.353 e. The lowest BCUT2D eigenvalue weighted by atomic mass is 10.2. The topological polar surface area (TPSA) is 108 Å². The molecule has 11 heteroatoms. The van der Waals surface area contributed by atoms with Crippen molar-refractivity contribution in [3.05, 3.63) is 42.2 Å². The van der Waals surface area contributed by atoms with Crippen LogP contribution in [-0.2, 0) is 9.59 Å². The van der Waals surface area contributed by atoms with Crippen molar-refractivity contribution in [2.24, 2.45) is 9.98 Å². The van der Waals surface area contributed by atoms with Gasteiger partial charge in [-0.05, 0) is 30.7 Å². The van der Waals surface area contributed by atoms with Crippen LogP contribution in [0.2, 0.25) is 0 Å². The van der Waals surface area contributed by atoms with Crippen LogP contribution in [-0.4, -0.2) is 81.2 Å². The Kier molecular flexibility index (Phi) is 5.13. The first kappa shape index (κ1) is 19.9. The van der Waals surface area contributed by atoms with E-state index in [9.17, 15) is 14.0 Å². The molecule has 5 rings (SSSR count). The van der Waals surface area contributed by atoms with Gasteiger partial charge in [-0.25, -0.2) is 9.38 Å². The molecule has 2 amide bonds. The molecule has 0 N–H and O–H groups in total. The number of aromatic nitrogens is 4. The van der Waals surface area contributed by atoms with Crippen molar-refractivity contribution in [3.63, 3.8) is 0 Å². The zero-order chi connectivity index (χ0) is 22.1. The van der Waals surface area contributed by atoms with Gasteiger partial charge in [-0.2, -0.15) is 4.52 Å². The van der Waals surface area contributed by atoms with Gasteiger partial charge in [0.1, 0.15) is 11.6 Å². The van der Waals surface area contributed by atoms with Gasteiger partial charge in [0, 0.05) is 44.2 Å². The molecule has 0 bridgehead atoms. The zero-order valence-corrected chi connectivity index (χ0v) is 17.0. The fourth-order valence-corrected chi connectivity index (χ4v) is 3.83. The largest absolute Gasteiger partial charge is 0.353 e.